The average Bonchev–Trinajstić information content (AvgIpc) is 2.06. The fourth-order valence-corrected chi connectivity index (χ4v) is 1.72. The van der Waals surface area contributed by atoms with Crippen LogP contribution in [-0.2, 0) is 0 Å². The number of rotatable bonds is 2. The van der Waals surface area contributed by atoms with Gasteiger partial charge in [-0.05, 0) is 32.0 Å². The lowest BCUT2D eigenvalue weighted by Crippen LogP contribution is -2.37. The maximum absolute atomic E-state index is 12.5. The van der Waals surface area contributed by atoms with Crippen molar-refractivity contribution in [1.29, 1.82) is 0 Å². The van der Waals surface area contributed by atoms with Gasteiger partial charge in [0.1, 0.15) is 5.82 Å². The summed E-state index contributed by atoms with van der Waals surface area (Å²) in [5.41, 5.74) is 1.02. The molecule has 0 amide bonds. The van der Waals surface area contributed by atoms with Gasteiger partial charge in [-0.2, -0.15) is 0 Å². The summed E-state index contributed by atoms with van der Waals surface area (Å²) >= 11 is 0. The van der Waals surface area contributed by atoms with Crippen LogP contribution in [0.1, 0.15) is 24.5 Å². The first-order valence-electron chi connectivity index (χ1n) is 4.58. The van der Waals surface area contributed by atoms with Crippen LogP contribution in [0.3, 0.4) is 0 Å². The lowest BCUT2D eigenvalue weighted by molar-refractivity contribution is 0.302. The van der Waals surface area contributed by atoms with E-state index in [1.807, 2.05) is 7.05 Å². The molecule has 0 aromatic carbocycles. The topological polar surface area (TPSA) is 24.9 Å². The fraction of sp³-hybridized carbons (Fsp3) is 0.500. The molecule has 70 valence electrons. The van der Waals surface area contributed by atoms with Gasteiger partial charge in [-0.15, -0.1) is 0 Å². The molecule has 1 aromatic rings. The second-order valence-corrected chi connectivity index (χ2v) is 3.56. The summed E-state index contributed by atoms with van der Waals surface area (Å²) < 4.78 is 12.5. The number of hydrogen-bond acceptors (Lipinski definition) is 2. The van der Waals surface area contributed by atoms with Crippen LogP contribution in [0.15, 0.2) is 18.3 Å². The predicted octanol–water partition coefficient (Wildman–Crippen LogP) is 1.69. The lowest BCUT2D eigenvalue weighted by Gasteiger charge is -2.34. The summed E-state index contributed by atoms with van der Waals surface area (Å²) in [4.78, 5) is 4.07. The molecule has 0 atom stereocenters. The Morgan fingerprint density at radius 1 is 1.46 bits per heavy atom. The quantitative estimate of drug-likeness (QED) is 0.749. The summed E-state index contributed by atoms with van der Waals surface area (Å²) in [5, 5.41) is 3.21. The summed E-state index contributed by atoms with van der Waals surface area (Å²) in [6.45, 7) is 0. The van der Waals surface area contributed by atoms with E-state index in [2.05, 4.69) is 10.3 Å². The number of nitrogens with one attached hydrogen (secondary N) is 1. The molecule has 0 spiro atoms. The number of pyridine rings is 1. The van der Waals surface area contributed by atoms with Gasteiger partial charge >= 0.3 is 0 Å². The zero-order valence-corrected chi connectivity index (χ0v) is 7.63. The molecule has 13 heavy (non-hydrogen) atoms. The standard InChI is InChI=1S/C10H13FN2/c1-12-9-4-7(5-9)10-3-2-8(11)6-13-10/h2-3,6-7,9,12H,4-5H2,1H3. The molecular weight excluding hydrogens is 167 g/mol. The van der Waals surface area contributed by atoms with Gasteiger partial charge in [0.15, 0.2) is 0 Å². The largest absolute Gasteiger partial charge is 0.317 e. The van der Waals surface area contributed by atoms with Crippen molar-refractivity contribution in [3.63, 3.8) is 0 Å². The molecule has 2 nitrogen and oxygen atoms in total. The van der Waals surface area contributed by atoms with Gasteiger partial charge in [0.05, 0.1) is 6.20 Å². The van der Waals surface area contributed by atoms with Crippen molar-refractivity contribution in [2.24, 2.45) is 0 Å². The van der Waals surface area contributed by atoms with Crippen LogP contribution < -0.4 is 5.32 Å². The Morgan fingerprint density at radius 2 is 2.23 bits per heavy atom. The highest BCUT2D eigenvalue weighted by atomic mass is 19.1. The first kappa shape index (κ1) is 8.63. The normalized spacial score (nSPS) is 26.9. The molecule has 2 rings (SSSR count). The monoisotopic (exact) mass is 180 g/mol. The summed E-state index contributed by atoms with van der Waals surface area (Å²) in [6.07, 6.45) is 3.53. The molecule has 1 fully saturated rings. The Hall–Kier alpha value is -0.960. The van der Waals surface area contributed by atoms with E-state index in [0.717, 1.165) is 18.5 Å². The van der Waals surface area contributed by atoms with E-state index in [4.69, 9.17) is 0 Å². The molecule has 1 N–H and O–H groups in total. The maximum Gasteiger partial charge on any atom is 0.141 e. The number of aromatic nitrogens is 1. The first-order chi connectivity index (χ1) is 6.29. The third-order valence-electron chi connectivity index (χ3n) is 2.71. The molecule has 1 aliphatic rings. The molecule has 0 bridgehead atoms. The van der Waals surface area contributed by atoms with E-state index >= 15 is 0 Å². The molecular formula is C10H13FN2. The van der Waals surface area contributed by atoms with E-state index in [1.54, 1.807) is 6.07 Å². The van der Waals surface area contributed by atoms with Crippen molar-refractivity contribution < 1.29 is 4.39 Å². The molecule has 1 saturated carbocycles. The van der Waals surface area contributed by atoms with Gasteiger partial charge in [0.25, 0.3) is 0 Å². The van der Waals surface area contributed by atoms with E-state index in [-0.39, 0.29) is 5.82 Å². The van der Waals surface area contributed by atoms with E-state index in [1.165, 1.54) is 12.3 Å². The van der Waals surface area contributed by atoms with Crippen LogP contribution in [0.5, 0.6) is 0 Å². The molecule has 1 heterocycles. The Morgan fingerprint density at radius 3 is 2.77 bits per heavy atom. The highest BCUT2D eigenvalue weighted by Gasteiger charge is 2.29. The third kappa shape index (κ3) is 1.70. The average molecular weight is 180 g/mol. The molecule has 1 aromatic heterocycles. The highest BCUT2D eigenvalue weighted by Crippen LogP contribution is 2.35. The predicted molar refractivity (Wildman–Crippen MR) is 49.0 cm³/mol. The molecule has 3 heteroatoms. The Balaban J connectivity index is 1.99. The van der Waals surface area contributed by atoms with E-state index in [9.17, 15) is 4.39 Å². The highest BCUT2D eigenvalue weighted by molar-refractivity contribution is 5.15. The minimum Gasteiger partial charge on any atom is -0.317 e. The zero-order chi connectivity index (χ0) is 9.26. The van der Waals surface area contributed by atoms with Gasteiger partial charge in [0.2, 0.25) is 0 Å². The summed E-state index contributed by atoms with van der Waals surface area (Å²) in [5.74, 6) is 0.270. The van der Waals surface area contributed by atoms with Gasteiger partial charge in [-0.25, -0.2) is 4.39 Å². The minimum atomic E-state index is -0.256. The van der Waals surface area contributed by atoms with Gasteiger partial charge in [-0.3, -0.25) is 4.98 Å². The lowest BCUT2D eigenvalue weighted by atomic mass is 9.78. The molecule has 1 aliphatic carbocycles. The molecule has 0 unspecified atom stereocenters. The summed E-state index contributed by atoms with van der Waals surface area (Å²) in [6, 6.07) is 3.89. The summed E-state index contributed by atoms with van der Waals surface area (Å²) in [7, 11) is 1.97. The Kier molecular flexibility index (Phi) is 2.27. The van der Waals surface area contributed by atoms with E-state index in [0.29, 0.717) is 12.0 Å². The van der Waals surface area contributed by atoms with Crippen LogP contribution in [0.25, 0.3) is 0 Å². The van der Waals surface area contributed by atoms with Crippen LogP contribution in [0, 0.1) is 5.82 Å². The second kappa shape index (κ2) is 3.42. The Bertz CT molecular complexity index is 277. The van der Waals surface area contributed by atoms with Crippen LogP contribution in [0.4, 0.5) is 4.39 Å². The minimum absolute atomic E-state index is 0.256. The number of hydrogen-bond donors (Lipinski definition) is 1. The zero-order valence-electron chi connectivity index (χ0n) is 7.63. The van der Waals surface area contributed by atoms with E-state index < -0.39 is 0 Å². The van der Waals surface area contributed by atoms with Crippen molar-refractivity contribution >= 4 is 0 Å². The van der Waals surface area contributed by atoms with Crippen molar-refractivity contribution in [3.8, 4) is 0 Å². The number of nitrogens with zero attached hydrogens (tertiary/aromatic N) is 1. The van der Waals surface area contributed by atoms with Crippen molar-refractivity contribution in [2.75, 3.05) is 7.05 Å². The molecule has 0 saturated heterocycles. The third-order valence-corrected chi connectivity index (χ3v) is 2.71. The molecule has 0 aliphatic heterocycles. The van der Waals surface area contributed by atoms with Gasteiger partial charge in [0, 0.05) is 17.7 Å². The van der Waals surface area contributed by atoms with Gasteiger partial charge in [-0.1, -0.05) is 0 Å². The number of halogens is 1. The van der Waals surface area contributed by atoms with Gasteiger partial charge < -0.3 is 5.32 Å². The van der Waals surface area contributed by atoms with Crippen LogP contribution in [-0.4, -0.2) is 18.1 Å². The SMILES string of the molecule is CNC1CC(c2ccc(F)cn2)C1. The maximum atomic E-state index is 12.5. The second-order valence-electron chi connectivity index (χ2n) is 3.56. The van der Waals surface area contributed by atoms with Crippen LogP contribution in [0.2, 0.25) is 0 Å². The van der Waals surface area contributed by atoms with Crippen LogP contribution >= 0.6 is 0 Å². The van der Waals surface area contributed by atoms with Crippen molar-refractivity contribution in [3.05, 3.63) is 29.8 Å². The van der Waals surface area contributed by atoms with Crippen molar-refractivity contribution in [1.82, 2.24) is 10.3 Å². The fourth-order valence-electron chi connectivity index (χ4n) is 1.72. The van der Waals surface area contributed by atoms with Crippen molar-refractivity contribution in [2.45, 2.75) is 24.8 Å². The Labute approximate surface area is 77.2 Å². The molecule has 0 radical (unpaired) electrons. The smallest absolute Gasteiger partial charge is 0.141 e. The first-order valence-corrected chi connectivity index (χ1v) is 4.58.